The van der Waals surface area contributed by atoms with E-state index in [9.17, 15) is 9.18 Å². The van der Waals surface area contributed by atoms with E-state index in [2.05, 4.69) is 10.1 Å². The van der Waals surface area contributed by atoms with Crippen molar-refractivity contribution >= 4 is 17.5 Å². The van der Waals surface area contributed by atoms with Crippen molar-refractivity contribution in [2.45, 2.75) is 27.0 Å². The summed E-state index contributed by atoms with van der Waals surface area (Å²) >= 11 is 6.16. The molecule has 0 bridgehead atoms. The van der Waals surface area contributed by atoms with Gasteiger partial charge < -0.3 is 14.2 Å². The first-order valence-corrected chi connectivity index (χ1v) is 10.9. The maximum Gasteiger partial charge on any atom is 0.257 e. The summed E-state index contributed by atoms with van der Waals surface area (Å²) in [6.45, 7) is 6.76. The highest BCUT2D eigenvalue weighted by Gasteiger charge is 2.25. The maximum absolute atomic E-state index is 14.1. The van der Waals surface area contributed by atoms with Gasteiger partial charge >= 0.3 is 0 Å². The highest BCUT2D eigenvalue weighted by molar-refractivity contribution is 6.31. The van der Waals surface area contributed by atoms with Gasteiger partial charge in [0.1, 0.15) is 23.9 Å². The Hall–Kier alpha value is -2.90. The Morgan fingerprint density at radius 1 is 1.09 bits per heavy atom. The maximum atomic E-state index is 14.1. The standard InChI is InChI=1S/C24H25ClFN3O3/c1-16-20(17(2)32-27-16)15-31-23-9-4-3-6-18(23)24(30)29-12-10-28(11-13-29)14-19-21(25)7-5-8-22(19)26/h3-9H,10-15H2,1-2H3. The molecule has 0 spiro atoms. The molecule has 1 fully saturated rings. The number of nitrogens with zero attached hydrogens (tertiary/aromatic N) is 3. The third-order valence-corrected chi connectivity index (χ3v) is 6.13. The normalized spacial score (nSPS) is 14.6. The van der Waals surface area contributed by atoms with Gasteiger partial charge in [-0.05, 0) is 38.1 Å². The van der Waals surface area contributed by atoms with Crippen LogP contribution in [0.1, 0.15) is 32.9 Å². The van der Waals surface area contributed by atoms with E-state index in [1.54, 1.807) is 29.2 Å². The van der Waals surface area contributed by atoms with Crippen LogP contribution in [0.5, 0.6) is 5.75 Å². The van der Waals surface area contributed by atoms with Gasteiger partial charge in [-0.25, -0.2) is 4.39 Å². The lowest BCUT2D eigenvalue weighted by molar-refractivity contribution is 0.0622. The van der Waals surface area contributed by atoms with Gasteiger partial charge in [-0.15, -0.1) is 0 Å². The number of carbonyl (C=O) groups is 1. The molecule has 1 amide bonds. The predicted octanol–water partition coefficient (Wildman–Crippen LogP) is 4.62. The third kappa shape index (κ3) is 4.79. The number of ether oxygens (including phenoxy) is 1. The van der Waals surface area contributed by atoms with Crippen LogP contribution in [-0.4, -0.2) is 47.0 Å². The van der Waals surface area contributed by atoms with Crippen LogP contribution in [0.3, 0.4) is 0 Å². The molecule has 0 N–H and O–H groups in total. The number of rotatable bonds is 6. The van der Waals surface area contributed by atoms with Gasteiger partial charge in [0, 0.05) is 43.3 Å². The highest BCUT2D eigenvalue weighted by Crippen LogP contribution is 2.25. The Morgan fingerprint density at radius 2 is 1.84 bits per heavy atom. The van der Waals surface area contributed by atoms with E-state index in [1.807, 2.05) is 26.0 Å². The average Bonchev–Trinajstić information content (AvgIpc) is 3.12. The van der Waals surface area contributed by atoms with Crippen LogP contribution in [0.25, 0.3) is 0 Å². The molecule has 6 nitrogen and oxygen atoms in total. The molecular weight excluding hydrogens is 433 g/mol. The van der Waals surface area contributed by atoms with Crippen molar-refractivity contribution in [3.05, 3.63) is 81.4 Å². The largest absolute Gasteiger partial charge is 0.488 e. The first-order chi connectivity index (χ1) is 15.4. The summed E-state index contributed by atoms with van der Waals surface area (Å²) in [6, 6.07) is 11.9. The van der Waals surface area contributed by atoms with Crippen molar-refractivity contribution < 1.29 is 18.4 Å². The van der Waals surface area contributed by atoms with Crippen molar-refractivity contribution in [1.29, 1.82) is 0 Å². The summed E-state index contributed by atoms with van der Waals surface area (Å²) in [6.07, 6.45) is 0. The molecule has 1 aromatic heterocycles. The van der Waals surface area contributed by atoms with Crippen LogP contribution in [0.2, 0.25) is 5.02 Å². The molecule has 0 radical (unpaired) electrons. The molecule has 4 rings (SSSR count). The van der Waals surface area contributed by atoms with Gasteiger partial charge in [0.05, 0.1) is 16.8 Å². The van der Waals surface area contributed by atoms with E-state index < -0.39 is 0 Å². The van der Waals surface area contributed by atoms with Gasteiger partial charge in [0.15, 0.2) is 0 Å². The number of hydrogen-bond donors (Lipinski definition) is 0. The summed E-state index contributed by atoms with van der Waals surface area (Å²) < 4.78 is 25.3. The van der Waals surface area contributed by atoms with Gasteiger partial charge in [-0.1, -0.05) is 35.0 Å². The number of para-hydroxylation sites is 1. The summed E-state index contributed by atoms with van der Waals surface area (Å²) in [5.41, 5.74) is 2.67. The van der Waals surface area contributed by atoms with E-state index in [4.69, 9.17) is 20.9 Å². The average molecular weight is 458 g/mol. The smallest absolute Gasteiger partial charge is 0.257 e. The Balaban J connectivity index is 1.39. The molecule has 0 saturated carbocycles. The minimum Gasteiger partial charge on any atom is -0.488 e. The van der Waals surface area contributed by atoms with Crippen LogP contribution < -0.4 is 4.74 Å². The van der Waals surface area contributed by atoms with Crippen molar-refractivity contribution in [2.24, 2.45) is 0 Å². The lowest BCUT2D eigenvalue weighted by Crippen LogP contribution is -2.48. The van der Waals surface area contributed by atoms with Gasteiger partial charge in [-0.2, -0.15) is 0 Å². The zero-order chi connectivity index (χ0) is 22.7. The van der Waals surface area contributed by atoms with Crippen molar-refractivity contribution in [3.63, 3.8) is 0 Å². The number of aryl methyl sites for hydroxylation is 2. The molecule has 1 aliphatic rings. The zero-order valence-corrected chi connectivity index (χ0v) is 18.9. The molecule has 3 aromatic rings. The second kappa shape index (κ2) is 9.71. The topological polar surface area (TPSA) is 58.8 Å². The number of amides is 1. The number of halogens is 2. The fourth-order valence-corrected chi connectivity index (χ4v) is 4.04. The number of hydrogen-bond acceptors (Lipinski definition) is 5. The lowest BCUT2D eigenvalue weighted by Gasteiger charge is -2.35. The van der Waals surface area contributed by atoms with E-state index in [0.717, 1.165) is 11.3 Å². The summed E-state index contributed by atoms with van der Waals surface area (Å²) in [4.78, 5) is 17.1. The zero-order valence-electron chi connectivity index (χ0n) is 18.1. The summed E-state index contributed by atoms with van der Waals surface area (Å²) in [5, 5.41) is 4.36. The molecule has 168 valence electrons. The van der Waals surface area contributed by atoms with Crippen LogP contribution in [-0.2, 0) is 13.2 Å². The van der Waals surface area contributed by atoms with Crippen LogP contribution >= 0.6 is 11.6 Å². The molecule has 0 aliphatic carbocycles. The minimum absolute atomic E-state index is 0.0806. The molecule has 1 aliphatic heterocycles. The first kappa shape index (κ1) is 22.3. The lowest BCUT2D eigenvalue weighted by atomic mass is 10.1. The molecule has 0 unspecified atom stereocenters. The molecule has 1 saturated heterocycles. The molecule has 8 heteroatoms. The van der Waals surface area contributed by atoms with E-state index in [-0.39, 0.29) is 18.3 Å². The molecule has 2 heterocycles. The molecular formula is C24H25ClFN3O3. The van der Waals surface area contributed by atoms with E-state index in [0.29, 0.717) is 60.4 Å². The van der Waals surface area contributed by atoms with Crippen LogP contribution in [0.4, 0.5) is 4.39 Å². The van der Waals surface area contributed by atoms with Crippen LogP contribution in [0.15, 0.2) is 47.0 Å². The first-order valence-electron chi connectivity index (χ1n) is 10.5. The number of benzene rings is 2. The Bertz CT molecular complexity index is 1070. The number of carbonyl (C=O) groups excluding carboxylic acids is 1. The molecule has 2 aromatic carbocycles. The van der Waals surface area contributed by atoms with Crippen molar-refractivity contribution in [1.82, 2.24) is 15.0 Å². The van der Waals surface area contributed by atoms with E-state index in [1.165, 1.54) is 6.07 Å². The Morgan fingerprint density at radius 3 is 2.53 bits per heavy atom. The summed E-state index contributed by atoms with van der Waals surface area (Å²) in [5.74, 6) is 0.846. The molecule has 0 atom stereocenters. The monoisotopic (exact) mass is 457 g/mol. The number of piperazine rings is 1. The van der Waals surface area contributed by atoms with Crippen molar-refractivity contribution in [2.75, 3.05) is 26.2 Å². The summed E-state index contributed by atoms with van der Waals surface area (Å²) in [7, 11) is 0. The fourth-order valence-electron chi connectivity index (χ4n) is 3.81. The fraction of sp³-hybridized carbons (Fsp3) is 0.333. The quantitative estimate of drug-likeness (QED) is 0.540. The van der Waals surface area contributed by atoms with Gasteiger partial charge in [0.25, 0.3) is 5.91 Å². The second-order valence-corrected chi connectivity index (χ2v) is 8.26. The third-order valence-electron chi connectivity index (χ3n) is 5.77. The number of aromatic nitrogens is 1. The Labute approximate surface area is 191 Å². The van der Waals surface area contributed by atoms with Gasteiger partial charge in [-0.3, -0.25) is 9.69 Å². The SMILES string of the molecule is Cc1noc(C)c1COc1ccccc1C(=O)N1CCN(Cc2c(F)cccc2Cl)CC1. The predicted molar refractivity (Wildman–Crippen MR) is 119 cm³/mol. The van der Waals surface area contributed by atoms with Crippen molar-refractivity contribution in [3.8, 4) is 5.75 Å². The highest BCUT2D eigenvalue weighted by atomic mass is 35.5. The van der Waals surface area contributed by atoms with Gasteiger partial charge in [0.2, 0.25) is 0 Å². The Kier molecular flexibility index (Phi) is 6.77. The molecule has 32 heavy (non-hydrogen) atoms. The minimum atomic E-state index is -0.305. The second-order valence-electron chi connectivity index (χ2n) is 7.86. The van der Waals surface area contributed by atoms with E-state index >= 15 is 0 Å². The van der Waals surface area contributed by atoms with Crippen LogP contribution in [0, 0.1) is 19.7 Å².